The van der Waals surface area contributed by atoms with Gasteiger partial charge in [-0.25, -0.2) is 29.9 Å². The van der Waals surface area contributed by atoms with Gasteiger partial charge in [-0.2, -0.15) is 26.2 Å². The molecular weight excluding hydrogens is 1560 g/mol. The Morgan fingerprint density at radius 1 is 0.273 bits per heavy atom. The molecule has 15 aromatic carbocycles. The molecule has 121 heavy (non-hydrogen) atoms. The second kappa shape index (κ2) is 31.8. The number of aromatic nitrogens is 13. The lowest BCUT2D eigenvalue weighted by atomic mass is 9.92. The molecule has 0 spiro atoms. The van der Waals surface area contributed by atoms with Gasteiger partial charge in [0.25, 0.3) is 0 Å². The van der Waals surface area contributed by atoms with Gasteiger partial charge in [-0.05, 0) is 120 Å². The Kier molecular flexibility index (Phi) is 19.8. The van der Waals surface area contributed by atoms with E-state index in [0.29, 0.717) is 5.82 Å². The van der Waals surface area contributed by atoms with Gasteiger partial charge >= 0.3 is 0 Å². The monoisotopic (exact) mass is 1630 g/mol. The van der Waals surface area contributed by atoms with Gasteiger partial charge in [-0.1, -0.05) is 281 Å². The van der Waals surface area contributed by atoms with Crippen molar-refractivity contribution in [2.24, 2.45) is 0 Å². The van der Waals surface area contributed by atoms with E-state index in [1.54, 1.807) is 13.3 Å². The highest BCUT2D eigenvalue weighted by molar-refractivity contribution is 7.70. The summed E-state index contributed by atoms with van der Waals surface area (Å²) in [5.41, 5.74) is 29.0. The van der Waals surface area contributed by atoms with Crippen LogP contribution >= 0.6 is 42.3 Å². The van der Waals surface area contributed by atoms with Gasteiger partial charge < -0.3 is 4.57 Å². The van der Waals surface area contributed by atoms with Crippen LogP contribution in [0.15, 0.2) is 346 Å². The predicted molar refractivity (Wildman–Crippen MR) is 505 cm³/mol. The summed E-state index contributed by atoms with van der Waals surface area (Å²) >= 11 is 3.74. The van der Waals surface area contributed by atoms with E-state index in [0.717, 1.165) is 222 Å². The summed E-state index contributed by atoms with van der Waals surface area (Å²) < 4.78 is 41.9. The number of aryl methyl sites for hydroxylation is 1. The van der Waals surface area contributed by atoms with Crippen molar-refractivity contribution in [3.05, 3.63) is 352 Å². The second-order valence-electron chi connectivity index (χ2n) is 29.9. The topological polar surface area (TPSA) is 177 Å². The summed E-state index contributed by atoms with van der Waals surface area (Å²) in [6.45, 7) is 5.75. The normalized spacial score (nSPS) is 11.6. The van der Waals surface area contributed by atoms with Crippen LogP contribution in [0.4, 0.5) is 0 Å². The van der Waals surface area contributed by atoms with Gasteiger partial charge in [0.15, 0.2) is 5.82 Å². The molecule has 0 aliphatic rings. The minimum atomic E-state index is -2.25. The summed E-state index contributed by atoms with van der Waals surface area (Å²) in [6, 6.07) is 119. The summed E-state index contributed by atoms with van der Waals surface area (Å²) in [5.74, 6) is 1.76. The number of imidazole rings is 1. The third-order valence-corrected chi connectivity index (χ3v) is 25.5. The van der Waals surface area contributed by atoms with E-state index in [9.17, 15) is 4.57 Å². The van der Waals surface area contributed by atoms with E-state index in [4.69, 9.17) is 29.9 Å². The lowest BCUT2D eigenvalue weighted by molar-refractivity contribution is 0.588. The first-order chi connectivity index (χ1) is 59.1. The van der Waals surface area contributed by atoms with Crippen LogP contribution in [0.3, 0.4) is 0 Å². The van der Waals surface area contributed by atoms with Crippen molar-refractivity contribution in [2.75, 3.05) is 13.3 Å². The maximum atomic E-state index is 12.3. The smallest absolute Gasteiger partial charge is 0.160 e. The summed E-state index contributed by atoms with van der Waals surface area (Å²) in [6.07, 6.45) is 0.875. The van der Waals surface area contributed by atoms with Crippen molar-refractivity contribution >= 4 is 157 Å². The largest absolute Gasteiger partial charge is 0.319 e. The molecule has 0 N–H and O–H groups in total. The van der Waals surface area contributed by atoms with E-state index in [-0.39, 0.29) is 7.43 Å². The minimum Gasteiger partial charge on any atom is -0.319 e. The molecule has 8 aromatic heterocycles. The molecule has 23 aromatic rings. The molecule has 0 atom stereocenters. The zero-order valence-electron chi connectivity index (χ0n) is 65.0. The zero-order chi connectivity index (χ0) is 80.4. The lowest BCUT2D eigenvalue weighted by Gasteiger charge is -2.17. The maximum absolute atomic E-state index is 12.3. The van der Waals surface area contributed by atoms with Crippen LogP contribution in [0.5, 0.6) is 0 Å². The molecule has 0 radical (unpaired) electrons. The number of fused-ring (bicyclic) bond motifs is 16. The van der Waals surface area contributed by atoms with Crippen LogP contribution in [0.1, 0.15) is 20.2 Å². The molecule has 18 heteroatoms. The molecule has 14 nitrogen and oxygen atoms in total. The van der Waals surface area contributed by atoms with E-state index in [1.807, 2.05) is 109 Å². The average Bonchev–Trinajstić information content (AvgIpc) is 1.73. The Morgan fingerprint density at radius 2 is 0.595 bits per heavy atom. The van der Waals surface area contributed by atoms with Crippen molar-refractivity contribution in [3.63, 3.8) is 0 Å². The second-order valence-corrected chi connectivity index (χ2v) is 34.7. The van der Waals surface area contributed by atoms with Gasteiger partial charge in [-0.15, -0.1) is 0 Å². The molecule has 0 saturated heterocycles. The Bertz CT molecular complexity index is 7860. The van der Waals surface area contributed by atoms with Crippen molar-refractivity contribution in [1.29, 1.82) is 0 Å². The number of hydrogen-bond donors (Lipinski definition) is 0. The molecule has 0 saturated carbocycles. The summed E-state index contributed by atoms with van der Waals surface area (Å²) in [5, 5.41) is 10.7. The highest BCUT2D eigenvalue weighted by Crippen LogP contribution is 2.45. The van der Waals surface area contributed by atoms with Crippen molar-refractivity contribution < 1.29 is 4.57 Å². The summed E-state index contributed by atoms with van der Waals surface area (Å²) in [4.78, 5) is 30.6. The van der Waals surface area contributed by atoms with Crippen LogP contribution in [-0.4, -0.2) is 74.0 Å². The van der Waals surface area contributed by atoms with Crippen molar-refractivity contribution in [1.82, 2.24) is 60.7 Å². The first-order valence-corrected chi connectivity index (χ1v) is 44.3. The van der Waals surface area contributed by atoms with E-state index < -0.39 is 7.14 Å². The van der Waals surface area contributed by atoms with Crippen LogP contribution in [-0.2, 0) is 11.0 Å². The standard InChI is InChI=1S/C41H25N5S.C34H23N5S.C27H20N3OPS.CH4/c1-4-12-27(13-5-1)38-35(39(28-14-6-2-7-15-28)44-41(43-38)30-16-8-3-9-17-30)26-20-22-29(23-21-26)37-32-24-25-34-40(46-47-45-34)36(32)31-18-10-11-19-33(31)42-37;1-2-31-35-28-9-5-6-10-30(28)39(31)24-17-15-22(16-18-24)21-11-13-23(14-12-21)33-26-19-20-29-34(38-40-37-29)32(26)25-7-3-4-8-27(25)36-33;1-32(2,31)20-13-11-18(12-14-20)17-7-9-19(10-8-17)26-22-15-16-24-27(30-33-29-24)25(22)21-5-3-4-6-23(21)28-26;/h1-25H;3-20H,2H2,1H3;3-16H,1-2H3;1H4. The van der Waals surface area contributed by atoms with Crippen molar-refractivity contribution in [2.45, 2.75) is 20.8 Å². The number of hydrogen-bond acceptors (Lipinski definition) is 16. The predicted octanol–water partition coefficient (Wildman–Crippen LogP) is 26.8. The van der Waals surface area contributed by atoms with Crippen LogP contribution < -0.4 is 5.30 Å². The van der Waals surface area contributed by atoms with Gasteiger partial charge in [0, 0.05) is 105 Å². The van der Waals surface area contributed by atoms with E-state index >= 15 is 0 Å². The number of rotatable bonds is 12. The third kappa shape index (κ3) is 14.0. The Hall–Kier alpha value is -14.5. The number of benzene rings is 15. The molecule has 0 bridgehead atoms. The lowest BCUT2D eigenvalue weighted by Crippen LogP contribution is -2.01. The Balaban J connectivity index is 0.000000117. The molecule has 23 rings (SSSR count). The highest BCUT2D eigenvalue weighted by Gasteiger charge is 2.24. The first kappa shape index (κ1) is 75.3. The van der Waals surface area contributed by atoms with Gasteiger partial charge in [-0.3, -0.25) is 4.57 Å². The van der Waals surface area contributed by atoms with Gasteiger partial charge in [0.2, 0.25) is 0 Å². The maximum Gasteiger partial charge on any atom is 0.160 e. The fourth-order valence-corrected chi connectivity index (χ4v) is 18.9. The van der Waals surface area contributed by atoms with Crippen LogP contribution in [0, 0.1) is 0 Å². The number of para-hydroxylation sites is 5. The molecule has 0 aliphatic heterocycles. The fourth-order valence-electron chi connectivity index (χ4n) is 16.4. The molecular formula is C103H72N13OPS3. The molecule has 8 heterocycles. The fraction of sp³-hybridized carbons (Fsp3) is 0.0485. The van der Waals surface area contributed by atoms with Crippen LogP contribution in [0.2, 0.25) is 0 Å². The van der Waals surface area contributed by atoms with E-state index in [1.165, 1.54) is 40.7 Å². The molecule has 0 aliphatic carbocycles. The molecule has 0 amide bonds. The summed E-state index contributed by atoms with van der Waals surface area (Å²) in [7, 11) is -2.25. The first-order valence-electron chi connectivity index (χ1n) is 39.5. The Morgan fingerprint density at radius 3 is 0.983 bits per heavy atom. The Labute approximate surface area is 709 Å². The third-order valence-electron chi connectivity index (χ3n) is 22.3. The van der Waals surface area contributed by atoms with Gasteiger partial charge in [0.05, 0.1) is 91.2 Å². The SMILES string of the molecule is C.CCc1nc2ccccc2n1-c1ccc(-c2ccc(-c3nc4ccccc4c4c3ccc3nsnc34)cc2)cc1.CP(C)(=O)c1ccc(-c2ccc(-c3nc4ccccc4c4c3ccc3nsnc34)cc2)cc1.c1ccc(-c2nc(-c3ccccc3)c(-c3ccc(-c4nc5ccccc5c5c4ccc4nsnc45)cc3)c(-c3ccccc3)n2)cc1. The zero-order valence-corrected chi connectivity index (χ0v) is 68.4. The highest BCUT2D eigenvalue weighted by atomic mass is 32.1. The number of nitrogens with zero attached hydrogens (tertiary/aromatic N) is 13. The number of pyridine rings is 3. The quantitative estimate of drug-likeness (QED) is 0.0835. The van der Waals surface area contributed by atoms with Crippen molar-refractivity contribution in [3.8, 4) is 107 Å². The molecule has 0 unspecified atom stereocenters. The van der Waals surface area contributed by atoms with Crippen LogP contribution in [0.25, 0.3) is 216 Å². The van der Waals surface area contributed by atoms with Gasteiger partial charge in [0.1, 0.15) is 46.1 Å². The average molecular weight is 1630 g/mol. The van der Waals surface area contributed by atoms with E-state index in [2.05, 4.69) is 274 Å². The molecule has 0 fully saturated rings. The minimum absolute atomic E-state index is 0. The molecule has 578 valence electrons.